The maximum Gasteiger partial charge on any atom is 0.308 e. The smallest absolute Gasteiger partial charge is 0.308 e. The SMILES string of the molecule is Cc1nc([C@@H]2O[C@@]2(C)[C@@H]2C/C=C\CCC[C@H](C)[C@@H](O)[C@H](C)C(=O)C(C)(C)[C@H](O)CC(=O)O2)cs1. The number of thiazole rings is 1. The van der Waals surface area contributed by atoms with Gasteiger partial charge >= 0.3 is 5.97 Å². The number of Topliss-reactive ketones (excluding diaryl/α,β-unsaturated/α-hetero) is 1. The van der Waals surface area contributed by atoms with Crippen LogP contribution >= 0.6 is 11.3 Å². The van der Waals surface area contributed by atoms with Gasteiger partial charge < -0.3 is 19.7 Å². The van der Waals surface area contributed by atoms with E-state index in [1.165, 1.54) is 0 Å². The molecule has 0 saturated carbocycles. The minimum atomic E-state index is -1.23. The molecule has 2 aliphatic rings. The van der Waals surface area contributed by atoms with Crippen molar-refractivity contribution < 1.29 is 29.3 Å². The molecule has 7 nitrogen and oxygen atoms in total. The maximum atomic E-state index is 13.2. The number of carbonyl (C=O) groups excluding carboxylic acids is 2. The topological polar surface area (TPSA) is 109 Å². The lowest BCUT2D eigenvalue weighted by Gasteiger charge is -2.34. The summed E-state index contributed by atoms with van der Waals surface area (Å²) in [5, 5.41) is 24.5. The molecule has 1 aromatic heterocycles. The van der Waals surface area contributed by atoms with E-state index in [9.17, 15) is 19.8 Å². The second kappa shape index (κ2) is 10.6. The number of aliphatic hydroxyl groups is 2. The van der Waals surface area contributed by atoms with Crippen LogP contribution in [0.15, 0.2) is 17.5 Å². The molecule has 34 heavy (non-hydrogen) atoms. The molecule has 0 unspecified atom stereocenters. The monoisotopic (exact) mass is 493 g/mol. The van der Waals surface area contributed by atoms with Gasteiger partial charge in [-0.3, -0.25) is 9.59 Å². The van der Waals surface area contributed by atoms with Gasteiger partial charge in [-0.25, -0.2) is 4.98 Å². The molecule has 1 saturated heterocycles. The first-order valence-corrected chi connectivity index (χ1v) is 13.1. The number of hydrogen-bond acceptors (Lipinski definition) is 8. The summed E-state index contributed by atoms with van der Waals surface area (Å²) in [5.41, 5.74) is -1.06. The zero-order chi connectivity index (χ0) is 25.3. The Morgan fingerprint density at radius 2 is 1.85 bits per heavy atom. The standard InChI is InChI=1S/C26H39NO6S/c1-15-11-9-7-8-10-12-20(26(6)24(33-26)18-14-34-17(3)27-18)32-21(29)13-19(28)25(4,5)23(31)16(2)22(15)30/h8,10,14-16,19-20,22,24,28,30H,7,9,11-13H2,1-6H3/b10-8-/t15-,16-,19+,20-,22+,24-,26-/m0/s1. The lowest BCUT2D eigenvalue weighted by molar-refractivity contribution is -0.158. The highest BCUT2D eigenvalue weighted by Gasteiger charge is 2.61. The van der Waals surface area contributed by atoms with Gasteiger partial charge in [-0.2, -0.15) is 0 Å². The number of carbonyl (C=O) groups is 2. The summed E-state index contributed by atoms with van der Waals surface area (Å²) in [7, 11) is 0. The van der Waals surface area contributed by atoms with Crippen molar-refractivity contribution in [2.24, 2.45) is 17.3 Å². The first-order valence-electron chi connectivity index (χ1n) is 12.2. The molecule has 0 aromatic carbocycles. The number of aryl methyl sites for hydroxylation is 1. The van der Waals surface area contributed by atoms with E-state index in [0.29, 0.717) is 6.42 Å². The van der Waals surface area contributed by atoms with Gasteiger partial charge in [0.05, 0.1) is 34.7 Å². The minimum absolute atomic E-state index is 0.0491. The van der Waals surface area contributed by atoms with Crippen LogP contribution in [-0.4, -0.2) is 50.9 Å². The quantitative estimate of drug-likeness (QED) is 0.359. The fourth-order valence-corrected chi connectivity index (χ4v) is 5.43. The molecule has 190 valence electrons. The summed E-state index contributed by atoms with van der Waals surface area (Å²) >= 11 is 1.55. The molecule has 2 N–H and O–H groups in total. The number of esters is 1. The molecule has 0 bridgehead atoms. The summed E-state index contributed by atoms with van der Waals surface area (Å²) < 4.78 is 11.9. The van der Waals surface area contributed by atoms with Gasteiger partial charge in [0.15, 0.2) is 0 Å². The van der Waals surface area contributed by atoms with Crippen molar-refractivity contribution >= 4 is 23.1 Å². The fourth-order valence-electron chi connectivity index (χ4n) is 4.80. The van der Waals surface area contributed by atoms with Crippen LogP contribution in [0.4, 0.5) is 0 Å². The summed E-state index contributed by atoms with van der Waals surface area (Å²) in [5.74, 6) is -1.53. The molecule has 3 heterocycles. The lowest BCUT2D eigenvalue weighted by atomic mass is 9.73. The summed E-state index contributed by atoms with van der Waals surface area (Å²) in [4.78, 5) is 30.6. The number of allylic oxidation sites excluding steroid dienone is 1. The summed E-state index contributed by atoms with van der Waals surface area (Å²) in [6.45, 7) is 10.7. The van der Waals surface area contributed by atoms with Gasteiger partial charge in [0.2, 0.25) is 0 Å². The first-order chi connectivity index (χ1) is 15.9. The van der Waals surface area contributed by atoms with Crippen LogP contribution in [0.2, 0.25) is 0 Å². The number of ketones is 1. The van der Waals surface area contributed by atoms with Gasteiger partial charge in [0, 0.05) is 17.7 Å². The number of cyclic esters (lactones) is 1. The van der Waals surface area contributed by atoms with Crippen molar-refractivity contribution in [1.82, 2.24) is 4.98 Å². The predicted octanol–water partition coefficient (Wildman–Crippen LogP) is 4.30. The average Bonchev–Trinajstić information content (AvgIpc) is 3.29. The molecule has 1 fully saturated rings. The second-order valence-electron chi connectivity index (χ2n) is 10.7. The summed E-state index contributed by atoms with van der Waals surface area (Å²) in [6.07, 6.45) is 3.91. The lowest BCUT2D eigenvalue weighted by Crippen LogP contribution is -2.46. The molecular formula is C26H39NO6S. The number of rotatable bonds is 2. The van der Waals surface area contributed by atoms with Crippen molar-refractivity contribution in [3.05, 3.63) is 28.2 Å². The first kappa shape index (κ1) is 27.0. The highest BCUT2D eigenvalue weighted by molar-refractivity contribution is 7.09. The Hall–Kier alpha value is -1.61. The number of aliphatic hydroxyl groups excluding tert-OH is 2. The third-order valence-electron chi connectivity index (χ3n) is 7.54. The minimum Gasteiger partial charge on any atom is -0.459 e. The van der Waals surface area contributed by atoms with Crippen LogP contribution in [0.1, 0.15) is 83.5 Å². The Bertz CT molecular complexity index is 911. The van der Waals surface area contributed by atoms with E-state index in [2.05, 4.69) is 11.1 Å². The molecule has 3 rings (SSSR count). The van der Waals surface area contributed by atoms with E-state index in [1.807, 2.05) is 32.2 Å². The molecular weight excluding hydrogens is 454 g/mol. The highest BCUT2D eigenvalue weighted by atomic mass is 32.1. The van der Waals surface area contributed by atoms with Crippen LogP contribution in [0.25, 0.3) is 0 Å². The van der Waals surface area contributed by atoms with E-state index in [0.717, 1.165) is 30.0 Å². The van der Waals surface area contributed by atoms with E-state index in [4.69, 9.17) is 9.47 Å². The zero-order valence-electron chi connectivity index (χ0n) is 21.1. The fraction of sp³-hybridized carbons (Fsp3) is 0.731. The molecule has 0 amide bonds. The average molecular weight is 494 g/mol. The van der Waals surface area contributed by atoms with Crippen LogP contribution in [-0.2, 0) is 19.1 Å². The number of epoxide rings is 1. The number of ether oxygens (including phenoxy) is 2. The van der Waals surface area contributed by atoms with Gasteiger partial charge in [-0.15, -0.1) is 11.3 Å². The van der Waals surface area contributed by atoms with E-state index < -0.39 is 41.2 Å². The molecule has 7 atom stereocenters. The Morgan fingerprint density at radius 1 is 1.15 bits per heavy atom. The molecule has 0 aliphatic carbocycles. The molecule has 0 spiro atoms. The number of aromatic nitrogens is 1. The Labute approximate surface area is 206 Å². The molecule has 1 aromatic rings. The maximum absolute atomic E-state index is 13.2. The molecule has 8 heteroatoms. The van der Waals surface area contributed by atoms with E-state index in [1.54, 1.807) is 32.1 Å². The van der Waals surface area contributed by atoms with E-state index in [-0.39, 0.29) is 24.2 Å². The summed E-state index contributed by atoms with van der Waals surface area (Å²) in [6, 6.07) is 0. The Morgan fingerprint density at radius 3 is 2.50 bits per heavy atom. The van der Waals surface area contributed by atoms with Crippen LogP contribution in [0, 0.1) is 24.2 Å². The van der Waals surface area contributed by atoms with Crippen LogP contribution in [0.3, 0.4) is 0 Å². The molecule has 0 radical (unpaired) electrons. The van der Waals surface area contributed by atoms with Crippen LogP contribution < -0.4 is 0 Å². The van der Waals surface area contributed by atoms with Crippen molar-refractivity contribution in [3.8, 4) is 0 Å². The largest absolute Gasteiger partial charge is 0.459 e. The van der Waals surface area contributed by atoms with Gasteiger partial charge in [0.1, 0.15) is 23.6 Å². The Balaban J connectivity index is 1.81. The number of hydrogen-bond donors (Lipinski definition) is 2. The highest BCUT2D eigenvalue weighted by Crippen LogP contribution is 2.53. The normalized spacial score (nSPS) is 38.8. The van der Waals surface area contributed by atoms with Crippen molar-refractivity contribution in [1.29, 1.82) is 0 Å². The third-order valence-corrected chi connectivity index (χ3v) is 8.33. The third kappa shape index (κ3) is 5.78. The van der Waals surface area contributed by atoms with Crippen molar-refractivity contribution in [2.75, 3.05) is 0 Å². The van der Waals surface area contributed by atoms with Gasteiger partial charge in [-0.1, -0.05) is 39.8 Å². The molecule has 2 aliphatic heterocycles. The van der Waals surface area contributed by atoms with Gasteiger partial charge in [0.25, 0.3) is 0 Å². The predicted molar refractivity (Wildman–Crippen MR) is 130 cm³/mol. The Kier molecular flexibility index (Phi) is 8.38. The van der Waals surface area contributed by atoms with Gasteiger partial charge in [-0.05, 0) is 39.0 Å². The zero-order valence-corrected chi connectivity index (χ0v) is 21.9. The van der Waals surface area contributed by atoms with Crippen LogP contribution in [0.5, 0.6) is 0 Å². The van der Waals surface area contributed by atoms with E-state index >= 15 is 0 Å². The van der Waals surface area contributed by atoms with Crippen molar-refractivity contribution in [3.63, 3.8) is 0 Å². The van der Waals surface area contributed by atoms with Crippen molar-refractivity contribution in [2.45, 2.75) is 104 Å². The number of nitrogens with zero attached hydrogens (tertiary/aromatic N) is 1. The second-order valence-corrected chi connectivity index (χ2v) is 11.7.